The van der Waals surface area contributed by atoms with Crippen molar-refractivity contribution in [2.45, 2.75) is 18.6 Å². The molecule has 0 saturated heterocycles. The van der Waals surface area contributed by atoms with Gasteiger partial charge in [-0.2, -0.15) is 0 Å². The van der Waals surface area contributed by atoms with E-state index in [0.717, 1.165) is 0 Å². The van der Waals surface area contributed by atoms with Crippen LogP contribution >= 0.6 is 11.8 Å². The minimum Gasteiger partial charge on any atom is -0.497 e. The molecule has 2 aromatic heterocycles. The molecular weight excluding hydrogens is 406 g/mol. The first-order valence-electron chi connectivity index (χ1n) is 9.22. The van der Waals surface area contributed by atoms with E-state index in [1.54, 1.807) is 50.7 Å². The van der Waals surface area contributed by atoms with Gasteiger partial charge in [0.15, 0.2) is 11.0 Å². The van der Waals surface area contributed by atoms with Crippen molar-refractivity contribution in [2.75, 3.05) is 25.3 Å². The van der Waals surface area contributed by atoms with Crippen LogP contribution in [-0.4, -0.2) is 45.2 Å². The number of carbonyl (C=O) groups excluding carboxylic acids is 1. The average molecular weight is 430 g/mol. The summed E-state index contributed by atoms with van der Waals surface area (Å²) in [6.07, 6.45) is 1.69. The third-order valence-electron chi connectivity index (χ3n) is 4.41. The van der Waals surface area contributed by atoms with Gasteiger partial charge in [0.05, 0.1) is 31.2 Å². The number of nitrogens with zero attached hydrogens (tertiary/aromatic N) is 4. The zero-order valence-corrected chi connectivity index (χ0v) is 18.0. The van der Waals surface area contributed by atoms with Crippen LogP contribution in [0.5, 0.6) is 11.5 Å². The van der Waals surface area contributed by atoms with Crippen LogP contribution in [0.2, 0.25) is 0 Å². The molecule has 9 nitrogen and oxygen atoms in total. The van der Waals surface area contributed by atoms with Gasteiger partial charge in [0.25, 0.3) is 5.56 Å². The molecule has 2 heterocycles. The molecule has 0 aliphatic carbocycles. The van der Waals surface area contributed by atoms with Crippen LogP contribution in [0.1, 0.15) is 6.92 Å². The van der Waals surface area contributed by atoms with Crippen LogP contribution in [-0.2, 0) is 18.4 Å². The number of benzene rings is 1. The second kappa shape index (κ2) is 9.49. The molecule has 0 radical (unpaired) electrons. The van der Waals surface area contributed by atoms with Gasteiger partial charge in [0.1, 0.15) is 11.5 Å². The number of nitrogens with one attached hydrogen (secondary N) is 1. The third kappa shape index (κ3) is 4.48. The maximum Gasteiger partial charge on any atom is 0.261 e. The number of amides is 1. The van der Waals surface area contributed by atoms with Crippen LogP contribution < -0.4 is 20.3 Å². The first-order chi connectivity index (χ1) is 14.5. The van der Waals surface area contributed by atoms with Crippen LogP contribution in [0.4, 0.5) is 5.69 Å². The summed E-state index contributed by atoms with van der Waals surface area (Å²) < 4.78 is 13.8. The monoisotopic (exact) mass is 429 g/mol. The molecule has 0 atom stereocenters. The Morgan fingerprint density at radius 1 is 1.20 bits per heavy atom. The van der Waals surface area contributed by atoms with E-state index in [2.05, 4.69) is 15.5 Å². The highest BCUT2D eigenvalue weighted by Gasteiger charge is 2.17. The lowest BCUT2D eigenvalue weighted by atomic mass is 10.2. The number of aryl methyl sites for hydroxylation is 1. The van der Waals surface area contributed by atoms with Gasteiger partial charge in [-0.1, -0.05) is 11.8 Å². The Labute approximate surface area is 178 Å². The van der Waals surface area contributed by atoms with Gasteiger partial charge in [-0.3, -0.25) is 9.59 Å². The fourth-order valence-electron chi connectivity index (χ4n) is 2.88. The SMILES string of the molecule is CCn1c(SCC(=O)Nc2cc(OC)ccc2OC)nnc1-c1cccn(C)c1=O. The molecule has 1 N–H and O–H groups in total. The molecule has 0 aliphatic rings. The number of thioether (sulfide) groups is 1. The molecular formula is C20H23N5O4S. The van der Waals surface area contributed by atoms with Crippen LogP contribution in [0, 0.1) is 0 Å². The maximum absolute atomic E-state index is 12.5. The van der Waals surface area contributed by atoms with Crippen LogP contribution in [0.3, 0.4) is 0 Å². The van der Waals surface area contributed by atoms with E-state index in [9.17, 15) is 9.59 Å². The Morgan fingerprint density at radius 2 is 2.00 bits per heavy atom. The number of pyridine rings is 1. The summed E-state index contributed by atoms with van der Waals surface area (Å²) >= 11 is 1.24. The fraction of sp³-hybridized carbons (Fsp3) is 0.300. The van der Waals surface area contributed by atoms with E-state index in [-0.39, 0.29) is 17.2 Å². The Hall–Kier alpha value is -3.27. The molecule has 1 aromatic carbocycles. The predicted molar refractivity (Wildman–Crippen MR) is 115 cm³/mol. The Morgan fingerprint density at radius 3 is 2.70 bits per heavy atom. The van der Waals surface area contributed by atoms with Gasteiger partial charge in [-0.05, 0) is 31.2 Å². The molecule has 0 spiro atoms. The first kappa shape index (κ1) is 21.4. The van der Waals surface area contributed by atoms with Crippen molar-refractivity contribution in [1.82, 2.24) is 19.3 Å². The quantitative estimate of drug-likeness (QED) is 0.549. The van der Waals surface area contributed by atoms with Gasteiger partial charge < -0.3 is 23.9 Å². The van der Waals surface area contributed by atoms with Crippen molar-refractivity contribution >= 4 is 23.4 Å². The Bertz CT molecular complexity index is 1110. The molecule has 0 aliphatic heterocycles. The number of aromatic nitrogens is 4. The van der Waals surface area contributed by atoms with E-state index in [4.69, 9.17) is 9.47 Å². The molecule has 0 fully saturated rings. The summed E-state index contributed by atoms with van der Waals surface area (Å²) in [4.78, 5) is 24.9. The topological polar surface area (TPSA) is 100 Å². The van der Waals surface area contributed by atoms with E-state index >= 15 is 0 Å². The van der Waals surface area contributed by atoms with E-state index in [0.29, 0.717) is 40.3 Å². The predicted octanol–water partition coefficient (Wildman–Crippen LogP) is 2.41. The molecule has 3 aromatic rings. The summed E-state index contributed by atoms with van der Waals surface area (Å²) in [5, 5.41) is 11.7. The van der Waals surface area contributed by atoms with Crippen LogP contribution in [0.15, 0.2) is 46.5 Å². The molecule has 30 heavy (non-hydrogen) atoms. The molecule has 0 unspecified atom stereocenters. The summed E-state index contributed by atoms with van der Waals surface area (Å²) in [6.45, 7) is 2.50. The smallest absolute Gasteiger partial charge is 0.261 e. The number of carbonyl (C=O) groups is 1. The third-order valence-corrected chi connectivity index (χ3v) is 5.38. The van der Waals surface area contributed by atoms with Gasteiger partial charge in [0.2, 0.25) is 5.91 Å². The standard InChI is InChI=1S/C20H23N5O4S/c1-5-25-18(14-7-6-10-24(2)19(14)27)22-23-20(25)30-12-17(26)21-15-11-13(28-3)8-9-16(15)29-4/h6-11H,5,12H2,1-4H3,(H,21,26). The maximum atomic E-state index is 12.5. The van der Waals surface area contributed by atoms with E-state index in [1.807, 2.05) is 11.5 Å². The summed E-state index contributed by atoms with van der Waals surface area (Å²) in [6, 6.07) is 8.67. The molecule has 0 bridgehead atoms. The van der Waals surface area contributed by atoms with Crippen molar-refractivity contribution in [3.05, 3.63) is 46.9 Å². The summed E-state index contributed by atoms with van der Waals surface area (Å²) in [7, 11) is 4.77. The lowest BCUT2D eigenvalue weighted by Gasteiger charge is -2.12. The Balaban J connectivity index is 1.75. The summed E-state index contributed by atoms with van der Waals surface area (Å²) in [5.74, 6) is 1.52. The summed E-state index contributed by atoms with van der Waals surface area (Å²) in [5.41, 5.74) is 0.832. The minimum absolute atomic E-state index is 0.116. The highest BCUT2D eigenvalue weighted by atomic mass is 32.2. The van der Waals surface area contributed by atoms with Crippen molar-refractivity contribution in [2.24, 2.45) is 7.05 Å². The second-order valence-corrected chi connectivity index (χ2v) is 7.23. The second-order valence-electron chi connectivity index (χ2n) is 6.29. The van der Waals surface area contributed by atoms with Crippen molar-refractivity contribution in [3.8, 4) is 22.9 Å². The Kier molecular flexibility index (Phi) is 6.78. The number of ether oxygens (including phenoxy) is 2. The molecule has 1 amide bonds. The van der Waals surface area contributed by atoms with Crippen molar-refractivity contribution in [1.29, 1.82) is 0 Å². The molecule has 0 saturated carbocycles. The van der Waals surface area contributed by atoms with Gasteiger partial charge >= 0.3 is 0 Å². The van der Waals surface area contributed by atoms with E-state index < -0.39 is 0 Å². The average Bonchev–Trinajstić information content (AvgIpc) is 3.16. The fourth-order valence-corrected chi connectivity index (χ4v) is 3.68. The number of rotatable bonds is 8. The number of methoxy groups -OCH3 is 2. The minimum atomic E-state index is -0.227. The normalized spacial score (nSPS) is 10.7. The lowest BCUT2D eigenvalue weighted by Crippen LogP contribution is -2.19. The first-order valence-corrected chi connectivity index (χ1v) is 10.2. The van der Waals surface area contributed by atoms with Gasteiger partial charge in [-0.25, -0.2) is 0 Å². The highest BCUT2D eigenvalue weighted by Crippen LogP contribution is 2.29. The largest absolute Gasteiger partial charge is 0.497 e. The number of hydrogen-bond acceptors (Lipinski definition) is 7. The molecule has 3 rings (SSSR count). The highest BCUT2D eigenvalue weighted by molar-refractivity contribution is 7.99. The van der Waals surface area contributed by atoms with Crippen molar-refractivity contribution in [3.63, 3.8) is 0 Å². The van der Waals surface area contributed by atoms with Crippen LogP contribution in [0.25, 0.3) is 11.4 Å². The van der Waals surface area contributed by atoms with Crippen molar-refractivity contribution < 1.29 is 14.3 Å². The molecule has 158 valence electrons. The molecule has 10 heteroatoms. The number of hydrogen-bond donors (Lipinski definition) is 1. The zero-order valence-electron chi connectivity index (χ0n) is 17.2. The lowest BCUT2D eigenvalue weighted by molar-refractivity contribution is -0.113. The van der Waals surface area contributed by atoms with E-state index in [1.165, 1.54) is 23.4 Å². The van der Waals surface area contributed by atoms with Gasteiger partial charge in [0, 0.05) is 25.9 Å². The van der Waals surface area contributed by atoms with Gasteiger partial charge in [-0.15, -0.1) is 10.2 Å². The number of anilines is 1. The zero-order chi connectivity index (χ0) is 21.7.